The first-order valence-corrected chi connectivity index (χ1v) is 12.1. The Labute approximate surface area is 233 Å². The van der Waals surface area contributed by atoms with Crippen LogP contribution in [0.2, 0.25) is 0 Å². The fraction of sp³-hybridized carbons (Fsp3) is 0.269. The Kier molecular flexibility index (Phi) is 11.7. The van der Waals surface area contributed by atoms with Gasteiger partial charge in [-0.15, -0.1) is 0 Å². The van der Waals surface area contributed by atoms with Crippen LogP contribution in [0.15, 0.2) is 60.9 Å². The van der Waals surface area contributed by atoms with E-state index in [-0.39, 0.29) is 23.8 Å². The average molecular weight is 578 g/mol. The van der Waals surface area contributed by atoms with Crippen molar-refractivity contribution in [2.45, 2.75) is 39.1 Å². The minimum absolute atomic E-state index is 0.0304. The number of alkyl halides is 3. The molecule has 0 saturated carbocycles. The van der Waals surface area contributed by atoms with Crippen LogP contribution in [0.1, 0.15) is 37.9 Å². The molecule has 0 aliphatic rings. The maximum atomic E-state index is 13.2. The molecule has 7 N–H and O–H groups in total. The number of nitrogens with two attached hydrogens (primary N) is 1. The zero-order valence-electron chi connectivity index (χ0n) is 22.3. The van der Waals surface area contributed by atoms with E-state index in [1.165, 1.54) is 0 Å². The highest BCUT2D eigenvalue weighted by atomic mass is 19.4. The molecule has 0 bridgehead atoms. The number of carboxylic acids is 1. The standard InChI is InChI=1S/C24H29N7O3.C2HF3O2/c1-4-33-20-14-17(8-11-19(20)34-15(2)3)21(23(32)30-31-24-27-12-5-13-28-24)29-18-9-6-16(7-10-18)22(25)26;3-2(4,5)1(6)7/h5-15,21,29H,4H2,1-3H3,(H3,25,26)(H,30,32)(H,27,28,31);(H,6,7). The van der Waals surface area contributed by atoms with Gasteiger partial charge in [0, 0.05) is 23.6 Å². The van der Waals surface area contributed by atoms with Crippen LogP contribution in [0.4, 0.5) is 24.8 Å². The number of rotatable bonds is 11. The Bertz CT molecular complexity index is 1310. The molecule has 220 valence electrons. The molecular weight excluding hydrogens is 547 g/mol. The number of aliphatic carboxylic acids is 1. The summed E-state index contributed by atoms with van der Waals surface area (Å²) < 4.78 is 43.4. The molecule has 0 spiro atoms. The van der Waals surface area contributed by atoms with Gasteiger partial charge in [0.25, 0.3) is 5.91 Å². The third-order valence-electron chi connectivity index (χ3n) is 4.84. The summed E-state index contributed by atoms with van der Waals surface area (Å²) in [6, 6.07) is 13.2. The largest absolute Gasteiger partial charge is 0.490 e. The van der Waals surface area contributed by atoms with Crippen LogP contribution in [-0.4, -0.2) is 51.7 Å². The van der Waals surface area contributed by atoms with Gasteiger partial charge >= 0.3 is 12.1 Å². The van der Waals surface area contributed by atoms with E-state index in [2.05, 4.69) is 26.1 Å². The lowest BCUT2D eigenvalue weighted by atomic mass is 10.0. The molecule has 0 aliphatic heterocycles. The second-order valence-corrected chi connectivity index (χ2v) is 8.36. The number of ether oxygens (including phenoxy) is 2. The molecule has 1 amide bonds. The molecule has 0 aliphatic carbocycles. The van der Waals surface area contributed by atoms with Gasteiger partial charge in [0.2, 0.25) is 5.95 Å². The zero-order chi connectivity index (χ0) is 30.6. The maximum Gasteiger partial charge on any atom is 0.490 e. The van der Waals surface area contributed by atoms with Crippen molar-refractivity contribution in [2.24, 2.45) is 5.73 Å². The second kappa shape index (κ2) is 14.9. The number of aromatic nitrogens is 2. The number of carboxylic acid groups (broad SMARTS) is 1. The first-order chi connectivity index (χ1) is 19.3. The number of hydrogen-bond donors (Lipinski definition) is 6. The summed E-state index contributed by atoms with van der Waals surface area (Å²) in [6.07, 6.45) is -1.98. The minimum Gasteiger partial charge on any atom is -0.490 e. The van der Waals surface area contributed by atoms with Gasteiger partial charge in [-0.1, -0.05) is 6.07 Å². The van der Waals surface area contributed by atoms with Gasteiger partial charge in [-0.2, -0.15) is 13.2 Å². The monoisotopic (exact) mass is 577 g/mol. The number of nitrogen functional groups attached to an aromatic ring is 1. The molecule has 1 aromatic heterocycles. The molecular formula is C26H30F3N7O5. The molecule has 12 nitrogen and oxygen atoms in total. The summed E-state index contributed by atoms with van der Waals surface area (Å²) in [6.45, 7) is 6.20. The van der Waals surface area contributed by atoms with Crippen molar-refractivity contribution < 1.29 is 37.3 Å². The smallest absolute Gasteiger partial charge is 0.490 e. The van der Waals surface area contributed by atoms with Crippen molar-refractivity contribution in [2.75, 3.05) is 17.3 Å². The number of benzene rings is 2. The van der Waals surface area contributed by atoms with E-state index in [0.717, 1.165) is 0 Å². The normalized spacial score (nSPS) is 11.4. The van der Waals surface area contributed by atoms with E-state index >= 15 is 0 Å². The maximum absolute atomic E-state index is 13.2. The molecule has 41 heavy (non-hydrogen) atoms. The SMILES string of the molecule is CCOc1cc(C(Nc2ccc(C(=N)N)cc2)C(=O)NNc2ncccn2)ccc1OC(C)C.O=C(O)C(F)(F)F. The molecule has 15 heteroatoms. The van der Waals surface area contributed by atoms with Crippen LogP contribution in [0, 0.1) is 5.41 Å². The number of halogens is 3. The van der Waals surface area contributed by atoms with E-state index in [0.29, 0.717) is 34.9 Å². The number of nitrogens with one attached hydrogen (secondary N) is 4. The number of amidine groups is 1. The summed E-state index contributed by atoms with van der Waals surface area (Å²) in [5.74, 6) is -1.76. The Morgan fingerprint density at radius 3 is 2.20 bits per heavy atom. The van der Waals surface area contributed by atoms with Crippen LogP contribution >= 0.6 is 0 Å². The van der Waals surface area contributed by atoms with Gasteiger partial charge in [-0.3, -0.25) is 21.1 Å². The van der Waals surface area contributed by atoms with Gasteiger partial charge in [-0.05, 0) is 68.8 Å². The summed E-state index contributed by atoms with van der Waals surface area (Å²) in [7, 11) is 0. The molecule has 0 fully saturated rings. The van der Waals surface area contributed by atoms with Gasteiger partial charge in [-0.25, -0.2) is 14.8 Å². The number of anilines is 2. The summed E-state index contributed by atoms with van der Waals surface area (Å²) in [5, 5.41) is 17.9. The molecule has 3 rings (SSSR count). The van der Waals surface area contributed by atoms with Crippen LogP contribution in [0.3, 0.4) is 0 Å². The topological polar surface area (TPSA) is 185 Å². The summed E-state index contributed by atoms with van der Waals surface area (Å²) >= 11 is 0. The number of hydrogen-bond acceptors (Lipinski definition) is 9. The lowest BCUT2D eigenvalue weighted by molar-refractivity contribution is -0.192. The Hall–Kier alpha value is -5.08. The number of hydrazine groups is 1. The Morgan fingerprint density at radius 2 is 1.68 bits per heavy atom. The molecule has 2 aromatic carbocycles. The van der Waals surface area contributed by atoms with E-state index in [1.807, 2.05) is 20.8 Å². The fourth-order valence-corrected chi connectivity index (χ4v) is 3.09. The van der Waals surface area contributed by atoms with Crippen molar-refractivity contribution >= 4 is 29.3 Å². The number of nitrogens with zero attached hydrogens (tertiary/aromatic N) is 2. The molecule has 1 atom stereocenters. The number of carbonyl (C=O) groups excluding carboxylic acids is 1. The molecule has 1 heterocycles. The van der Waals surface area contributed by atoms with E-state index < -0.39 is 18.2 Å². The molecule has 0 radical (unpaired) electrons. The van der Waals surface area contributed by atoms with Gasteiger partial charge < -0.3 is 25.6 Å². The third-order valence-corrected chi connectivity index (χ3v) is 4.84. The van der Waals surface area contributed by atoms with E-state index in [4.69, 9.17) is 30.5 Å². The predicted octanol–water partition coefficient (Wildman–Crippen LogP) is 3.88. The van der Waals surface area contributed by atoms with Crippen LogP contribution in [0.25, 0.3) is 0 Å². The van der Waals surface area contributed by atoms with Crippen LogP contribution < -0.4 is 31.4 Å². The van der Waals surface area contributed by atoms with Crippen molar-refractivity contribution in [3.8, 4) is 11.5 Å². The first-order valence-electron chi connectivity index (χ1n) is 12.1. The van der Waals surface area contributed by atoms with E-state index in [9.17, 15) is 18.0 Å². The quantitative estimate of drug-likeness (QED) is 0.111. The Balaban J connectivity index is 0.000000745. The number of carbonyl (C=O) groups is 2. The highest BCUT2D eigenvalue weighted by Crippen LogP contribution is 2.33. The molecule has 3 aromatic rings. The molecule has 0 saturated heterocycles. The third kappa shape index (κ3) is 10.5. The highest BCUT2D eigenvalue weighted by Gasteiger charge is 2.38. The second-order valence-electron chi connectivity index (χ2n) is 8.36. The fourth-order valence-electron chi connectivity index (χ4n) is 3.09. The zero-order valence-corrected chi connectivity index (χ0v) is 22.3. The minimum atomic E-state index is -5.08. The lowest BCUT2D eigenvalue weighted by Crippen LogP contribution is -2.37. The number of amides is 1. The Morgan fingerprint density at radius 1 is 1.07 bits per heavy atom. The van der Waals surface area contributed by atoms with Crippen LogP contribution in [0.5, 0.6) is 11.5 Å². The van der Waals surface area contributed by atoms with Crippen molar-refractivity contribution in [1.29, 1.82) is 5.41 Å². The molecule has 1 unspecified atom stereocenters. The first kappa shape index (κ1) is 32.1. The average Bonchev–Trinajstić information content (AvgIpc) is 2.92. The van der Waals surface area contributed by atoms with Crippen LogP contribution in [-0.2, 0) is 9.59 Å². The van der Waals surface area contributed by atoms with Crippen molar-refractivity contribution in [3.63, 3.8) is 0 Å². The van der Waals surface area contributed by atoms with Crippen molar-refractivity contribution in [3.05, 3.63) is 72.1 Å². The van der Waals surface area contributed by atoms with E-state index in [1.54, 1.807) is 60.9 Å². The highest BCUT2D eigenvalue weighted by molar-refractivity contribution is 5.95. The lowest BCUT2D eigenvalue weighted by Gasteiger charge is -2.22. The van der Waals surface area contributed by atoms with Crippen molar-refractivity contribution in [1.82, 2.24) is 15.4 Å². The van der Waals surface area contributed by atoms with Gasteiger partial charge in [0.1, 0.15) is 11.9 Å². The van der Waals surface area contributed by atoms with Gasteiger partial charge in [0.05, 0.1) is 12.7 Å². The van der Waals surface area contributed by atoms with Gasteiger partial charge in [0.15, 0.2) is 11.5 Å². The summed E-state index contributed by atoms with van der Waals surface area (Å²) in [5.41, 5.74) is 12.8. The summed E-state index contributed by atoms with van der Waals surface area (Å²) in [4.78, 5) is 30.2. The predicted molar refractivity (Wildman–Crippen MR) is 145 cm³/mol.